The maximum absolute atomic E-state index is 13.5. The van der Waals surface area contributed by atoms with E-state index in [1.165, 1.54) is 4.57 Å². The molecule has 1 fully saturated rings. The van der Waals surface area contributed by atoms with Gasteiger partial charge in [-0.05, 0) is 18.4 Å². The number of aliphatic hydroxyl groups is 1. The van der Waals surface area contributed by atoms with Crippen LogP contribution in [0, 0.1) is 0 Å². The Morgan fingerprint density at radius 3 is 2.31 bits per heavy atom. The van der Waals surface area contributed by atoms with Gasteiger partial charge in [-0.3, -0.25) is 9.36 Å². The number of nitrogens with one attached hydrogen (secondary N) is 1. The average Bonchev–Trinajstić information content (AvgIpc) is 3.44. The van der Waals surface area contributed by atoms with Crippen molar-refractivity contribution in [2.45, 2.75) is 37.8 Å². The molecule has 4 aromatic rings. The Morgan fingerprint density at radius 1 is 1.00 bits per heavy atom. The van der Waals surface area contributed by atoms with E-state index in [4.69, 9.17) is 9.97 Å². The van der Waals surface area contributed by atoms with Crippen LogP contribution in [0.5, 0.6) is 0 Å². The lowest BCUT2D eigenvalue weighted by Gasteiger charge is -2.29. The van der Waals surface area contributed by atoms with Crippen LogP contribution in [0.25, 0.3) is 22.6 Å². The number of rotatable bonds is 6. The Labute approximate surface area is 186 Å². The molecule has 32 heavy (non-hydrogen) atoms. The highest BCUT2D eigenvalue weighted by Crippen LogP contribution is 2.32. The summed E-state index contributed by atoms with van der Waals surface area (Å²) in [6.07, 6.45) is 3.81. The van der Waals surface area contributed by atoms with Gasteiger partial charge in [-0.1, -0.05) is 73.5 Å². The van der Waals surface area contributed by atoms with Crippen LogP contribution in [0.4, 0.5) is 5.95 Å². The van der Waals surface area contributed by atoms with Crippen LogP contribution in [0.15, 0.2) is 65.5 Å². The molecule has 0 atom stereocenters. The van der Waals surface area contributed by atoms with Crippen molar-refractivity contribution < 1.29 is 5.11 Å². The van der Waals surface area contributed by atoms with Gasteiger partial charge < -0.3 is 15.0 Å². The van der Waals surface area contributed by atoms with Crippen LogP contribution in [-0.4, -0.2) is 36.4 Å². The zero-order valence-corrected chi connectivity index (χ0v) is 18.2. The number of fused-ring (bicyclic) bond motifs is 1. The first-order chi connectivity index (χ1) is 15.6. The minimum atomic E-state index is -0.431. The molecular weight excluding hydrogens is 402 g/mol. The van der Waals surface area contributed by atoms with E-state index in [9.17, 15) is 9.90 Å². The Hall–Kier alpha value is -3.45. The number of benzene rings is 2. The van der Waals surface area contributed by atoms with Gasteiger partial charge in [0.05, 0.1) is 12.1 Å². The molecule has 1 saturated carbocycles. The first-order valence-electron chi connectivity index (χ1n) is 11.1. The van der Waals surface area contributed by atoms with Crippen molar-refractivity contribution in [2.24, 2.45) is 7.05 Å². The molecule has 2 aromatic heterocycles. The third-order valence-electron chi connectivity index (χ3n) is 6.44. The number of hydrogen-bond acceptors (Lipinski definition) is 5. The van der Waals surface area contributed by atoms with Crippen molar-refractivity contribution in [3.8, 4) is 11.4 Å². The Bertz CT molecular complexity index is 1290. The fourth-order valence-electron chi connectivity index (χ4n) is 4.61. The maximum atomic E-state index is 13.5. The zero-order chi connectivity index (χ0) is 22.1. The summed E-state index contributed by atoms with van der Waals surface area (Å²) in [6.45, 7) is 0.532. The maximum Gasteiger partial charge on any atom is 0.280 e. The smallest absolute Gasteiger partial charge is 0.280 e. The van der Waals surface area contributed by atoms with E-state index < -0.39 is 5.54 Å². The van der Waals surface area contributed by atoms with Crippen molar-refractivity contribution in [1.82, 2.24) is 19.1 Å². The van der Waals surface area contributed by atoms with E-state index in [0.717, 1.165) is 36.8 Å². The summed E-state index contributed by atoms with van der Waals surface area (Å²) in [5.41, 5.74) is 2.31. The second-order valence-corrected chi connectivity index (χ2v) is 8.62. The minimum Gasteiger partial charge on any atom is -0.394 e. The molecule has 2 N–H and O–H groups in total. The van der Waals surface area contributed by atoms with Crippen molar-refractivity contribution >= 4 is 17.1 Å². The number of hydrogen-bond donors (Lipinski definition) is 2. The molecule has 5 rings (SSSR count). The lowest BCUT2D eigenvalue weighted by molar-refractivity contribution is 0.213. The van der Waals surface area contributed by atoms with Gasteiger partial charge in [-0.25, -0.2) is 4.98 Å². The molecule has 7 nitrogen and oxygen atoms in total. The standard InChI is InChI=1S/C25H27N5O2/c1-29-23(32)20-21(27-24(29)28-25(17-31)14-8-9-15-25)26-22(19-12-6-3-7-13-19)30(20)16-18-10-4-2-5-11-18/h2-7,10-13,31H,8-9,14-17H2,1H3,(H,27,28). The normalized spacial score (nSPS) is 15.3. The van der Waals surface area contributed by atoms with Gasteiger partial charge in [0.15, 0.2) is 11.2 Å². The average molecular weight is 430 g/mol. The van der Waals surface area contributed by atoms with E-state index in [2.05, 4.69) is 5.32 Å². The Balaban J connectivity index is 1.68. The summed E-state index contributed by atoms with van der Waals surface area (Å²) in [5, 5.41) is 13.4. The number of aliphatic hydroxyl groups excluding tert-OH is 1. The Kier molecular flexibility index (Phi) is 5.27. The molecule has 0 bridgehead atoms. The molecule has 0 radical (unpaired) electrons. The van der Waals surface area contributed by atoms with Crippen LogP contribution in [0.1, 0.15) is 31.2 Å². The number of anilines is 1. The highest BCUT2D eigenvalue weighted by Gasteiger charge is 2.34. The molecule has 0 aliphatic heterocycles. The van der Waals surface area contributed by atoms with E-state index in [1.807, 2.05) is 65.2 Å². The van der Waals surface area contributed by atoms with Gasteiger partial charge in [-0.15, -0.1) is 0 Å². The second kappa shape index (κ2) is 8.24. The van der Waals surface area contributed by atoms with Crippen LogP contribution in [0.2, 0.25) is 0 Å². The van der Waals surface area contributed by atoms with Gasteiger partial charge in [0, 0.05) is 19.2 Å². The SMILES string of the molecule is Cn1c(NC2(CO)CCCC2)nc2nc(-c3ccccc3)n(Cc3ccccc3)c2c1=O. The number of imidazole rings is 1. The van der Waals surface area contributed by atoms with Gasteiger partial charge in [-0.2, -0.15) is 4.98 Å². The first kappa shape index (κ1) is 20.5. The van der Waals surface area contributed by atoms with E-state index in [0.29, 0.717) is 29.5 Å². The summed E-state index contributed by atoms with van der Waals surface area (Å²) in [7, 11) is 1.72. The van der Waals surface area contributed by atoms with Crippen LogP contribution >= 0.6 is 0 Å². The van der Waals surface area contributed by atoms with Gasteiger partial charge in [0.1, 0.15) is 5.82 Å². The molecule has 0 saturated heterocycles. The van der Waals surface area contributed by atoms with Crippen molar-refractivity contribution in [1.29, 1.82) is 0 Å². The van der Waals surface area contributed by atoms with Gasteiger partial charge >= 0.3 is 0 Å². The predicted octanol–water partition coefficient (Wildman–Crippen LogP) is 3.56. The summed E-state index contributed by atoms with van der Waals surface area (Å²) >= 11 is 0. The summed E-state index contributed by atoms with van der Waals surface area (Å²) in [4.78, 5) is 23.1. The Morgan fingerprint density at radius 2 is 1.66 bits per heavy atom. The molecule has 2 aromatic carbocycles. The third-order valence-corrected chi connectivity index (χ3v) is 6.44. The van der Waals surface area contributed by atoms with E-state index >= 15 is 0 Å². The summed E-state index contributed by atoms with van der Waals surface area (Å²) in [6, 6.07) is 19.9. The van der Waals surface area contributed by atoms with Gasteiger partial charge in [0.25, 0.3) is 5.56 Å². The summed E-state index contributed by atoms with van der Waals surface area (Å²) < 4.78 is 3.49. The van der Waals surface area contributed by atoms with Crippen LogP contribution < -0.4 is 10.9 Å². The number of aromatic nitrogens is 4. The van der Waals surface area contributed by atoms with Crippen LogP contribution in [-0.2, 0) is 13.6 Å². The molecular formula is C25H27N5O2. The number of nitrogens with zero attached hydrogens (tertiary/aromatic N) is 4. The van der Waals surface area contributed by atoms with Crippen molar-refractivity contribution in [2.75, 3.05) is 11.9 Å². The molecule has 7 heteroatoms. The zero-order valence-electron chi connectivity index (χ0n) is 18.2. The monoisotopic (exact) mass is 429 g/mol. The third kappa shape index (κ3) is 3.58. The minimum absolute atomic E-state index is 0.0125. The quantitative estimate of drug-likeness (QED) is 0.490. The lowest BCUT2D eigenvalue weighted by atomic mass is 9.99. The van der Waals surface area contributed by atoms with E-state index in [-0.39, 0.29) is 12.2 Å². The van der Waals surface area contributed by atoms with Crippen LogP contribution in [0.3, 0.4) is 0 Å². The largest absolute Gasteiger partial charge is 0.394 e. The van der Waals surface area contributed by atoms with Crippen molar-refractivity contribution in [3.63, 3.8) is 0 Å². The molecule has 0 unspecified atom stereocenters. The molecule has 1 aliphatic rings. The molecule has 164 valence electrons. The van der Waals surface area contributed by atoms with Crippen molar-refractivity contribution in [3.05, 3.63) is 76.6 Å². The fraction of sp³-hybridized carbons (Fsp3) is 0.320. The highest BCUT2D eigenvalue weighted by atomic mass is 16.3. The van der Waals surface area contributed by atoms with Gasteiger partial charge in [0.2, 0.25) is 5.95 Å². The molecule has 1 aliphatic carbocycles. The molecule has 0 spiro atoms. The van der Waals surface area contributed by atoms with E-state index in [1.54, 1.807) is 7.05 Å². The first-order valence-corrected chi connectivity index (χ1v) is 11.1. The molecule has 2 heterocycles. The summed E-state index contributed by atoms with van der Waals surface area (Å²) in [5.74, 6) is 1.16. The molecule has 0 amide bonds. The predicted molar refractivity (Wildman–Crippen MR) is 126 cm³/mol. The lowest BCUT2D eigenvalue weighted by Crippen LogP contribution is -2.41. The topological polar surface area (TPSA) is 85.0 Å². The highest BCUT2D eigenvalue weighted by molar-refractivity contribution is 5.78. The fourth-order valence-corrected chi connectivity index (χ4v) is 4.61. The second-order valence-electron chi connectivity index (χ2n) is 8.62.